The molecule has 0 saturated heterocycles. The molecule has 0 aliphatic carbocycles. The van der Waals surface area contributed by atoms with Crippen LogP contribution in [-0.2, 0) is 4.57 Å². The minimum atomic E-state index is -3.08. The predicted octanol–water partition coefficient (Wildman–Crippen LogP) is 8.37. The van der Waals surface area contributed by atoms with Crippen LogP contribution in [0, 0.1) is 13.8 Å². The fraction of sp³-hybridized carbons (Fsp3) is 0.0526. The van der Waals surface area contributed by atoms with Gasteiger partial charge >= 0.3 is 0 Å². The van der Waals surface area contributed by atoms with Gasteiger partial charge in [0.15, 0.2) is 7.14 Å². The molecule has 0 fully saturated rings. The second kappa shape index (κ2) is 10.5. The molecule has 0 radical (unpaired) electrons. The molecule has 0 N–H and O–H groups in total. The van der Waals surface area contributed by atoms with Gasteiger partial charge in [0, 0.05) is 38.1 Å². The summed E-state index contributed by atoms with van der Waals surface area (Å²) in [5, 5.41) is 4.65. The van der Waals surface area contributed by atoms with Gasteiger partial charge in [0.05, 0.1) is 11.0 Å². The number of hydrogen-bond donors (Lipinski definition) is 0. The topological polar surface area (TPSA) is 42.9 Å². The van der Waals surface area contributed by atoms with E-state index in [2.05, 4.69) is 60.7 Å². The Balaban J connectivity index is 1.37. The Morgan fingerprint density at radius 2 is 1.05 bits per heavy atom. The molecule has 4 heteroatoms. The summed E-state index contributed by atoms with van der Waals surface area (Å²) in [7, 11) is -3.08. The highest BCUT2D eigenvalue weighted by atomic mass is 31.2. The number of benzene rings is 5. The number of hydrogen-bond acceptors (Lipinski definition) is 3. The van der Waals surface area contributed by atoms with E-state index < -0.39 is 7.14 Å². The summed E-state index contributed by atoms with van der Waals surface area (Å²) in [6.07, 6.45) is 0. The Hall–Kier alpha value is -4.85. The van der Waals surface area contributed by atoms with Crippen LogP contribution in [0.4, 0.5) is 0 Å². The Morgan fingerprint density at radius 1 is 0.476 bits per heavy atom. The average Bonchev–Trinajstić information content (AvgIpc) is 3.05. The fourth-order valence-corrected chi connectivity index (χ4v) is 8.50. The molecule has 0 unspecified atom stereocenters. The lowest BCUT2D eigenvalue weighted by Gasteiger charge is -2.20. The van der Waals surface area contributed by atoms with Crippen molar-refractivity contribution in [3.05, 3.63) is 151 Å². The Bertz CT molecular complexity index is 2100. The van der Waals surface area contributed by atoms with Crippen molar-refractivity contribution in [2.75, 3.05) is 0 Å². The third-order valence-electron chi connectivity index (χ3n) is 7.86. The summed E-state index contributed by atoms with van der Waals surface area (Å²) < 4.78 is 15.0. The van der Waals surface area contributed by atoms with Crippen LogP contribution in [0.5, 0.6) is 0 Å². The zero-order valence-electron chi connectivity index (χ0n) is 23.5. The molecule has 2 aromatic heterocycles. The van der Waals surface area contributed by atoms with E-state index in [0.717, 1.165) is 71.4 Å². The first kappa shape index (κ1) is 26.1. The van der Waals surface area contributed by atoms with Gasteiger partial charge < -0.3 is 4.57 Å². The quantitative estimate of drug-likeness (QED) is 0.157. The van der Waals surface area contributed by atoms with E-state index in [4.69, 9.17) is 9.97 Å². The van der Waals surface area contributed by atoms with Gasteiger partial charge in [-0.15, -0.1) is 0 Å². The zero-order valence-corrected chi connectivity index (χ0v) is 24.4. The van der Waals surface area contributed by atoms with Crippen molar-refractivity contribution >= 4 is 44.9 Å². The van der Waals surface area contributed by atoms with Gasteiger partial charge in [-0.05, 0) is 60.4 Å². The van der Waals surface area contributed by atoms with Gasteiger partial charge in [0.1, 0.15) is 0 Å². The van der Waals surface area contributed by atoms with Crippen LogP contribution in [0.1, 0.15) is 11.4 Å². The van der Waals surface area contributed by atoms with Crippen LogP contribution in [0.2, 0.25) is 0 Å². The van der Waals surface area contributed by atoms with Crippen molar-refractivity contribution in [2.45, 2.75) is 13.8 Å². The second-order valence-corrected chi connectivity index (χ2v) is 13.5. The Kier molecular flexibility index (Phi) is 6.53. The molecule has 5 aromatic carbocycles. The van der Waals surface area contributed by atoms with Crippen LogP contribution in [-0.4, -0.2) is 9.97 Å². The minimum Gasteiger partial charge on any atom is -0.309 e. The third kappa shape index (κ3) is 4.53. The van der Waals surface area contributed by atoms with Gasteiger partial charge in [0.2, 0.25) is 0 Å². The molecule has 2 heterocycles. The number of nitrogens with zero attached hydrogens (tertiary/aromatic N) is 2. The summed E-state index contributed by atoms with van der Waals surface area (Å²) >= 11 is 0. The van der Waals surface area contributed by atoms with E-state index in [0.29, 0.717) is 0 Å². The standard InChI is InChI=1S/C38H29N2OP/c1-26-19-20-28-21-22-35-36(23-27(2)40-38(35)37(28)39-26)31-13-9-11-29(24-31)30-12-10-18-34(25-30)42(41,32-14-5-3-6-15-32)33-16-7-4-8-17-33/h3-25H,1-2H3. The van der Waals surface area contributed by atoms with E-state index in [9.17, 15) is 4.57 Å². The predicted molar refractivity (Wildman–Crippen MR) is 177 cm³/mol. The smallest absolute Gasteiger partial charge is 0.171 e. The van der Waals surface area contributed by atoms with Crippen molar-refractivity contribution in [1.82, 2.24) is 9.97 Å². The lowest BCUT2D eigenvalue weighted by Crippen LogP contribution is -2.25. The van der Waals surface area contributed by atoms with Crippen LogP contribution < -0.4 is 15.9 Å². The highest BCUT2D eigenvalue weighted by molar-refractivity contribution is 7.85. The molecule has 0 amide bonds. The molecule has 42 heavy (non-hydrogen) atoms. The van der Waals surface area contributed by atoms with E-state index in [1.807, 2.05) is 92.7 Å². The van der Waals surface area contributed by atoms with Gasteiger partial charge in [0.25, 0.3) is 0 Å². The first-order chi connectivity index (χ1) is 20.5. The van der Waals surface area contributed by atoms with E-state index in [1.54, 1.807) is 0 Å². The van der Waals surface area contributed by atoms with E-state index in [1.165, 1.54) is 0 Å². The maximum absolute atomic E-state index is 15.0. The molecule has 7 rings (SSSR count). The van der Waals surface area contributed by atoms with Crippen LogP contribution in [0.3, 0.4) is 0 Å². The Morgan fingerprint density at radius 3 is 1.76 bits per heavy atom. The van der Waals surface area contributed by atoms with Crippen molar-refractivity contribution in [3.8, 4) is 22.3 Å². The summed E-state index contributed by atoms with van der Waals surface area (Å²) in [4.78, 5) is 9.75. The van der Waals surface area contributed by atoms with Crippen LogP contribution >= 0.6 is 7.14 Å². The van der Waals surface area contributed by atoms with Crippen molar-refractivity contribution < 1.29 is 4.57 Å². The number of aryl methyl sites for hydroxylation is 2. The van der Waals surface area contributed by atoms with Crippen molar-refractivity contribution in [2.24, 2.45) is 0 Å². The Labute approximate surface area is 245 Å². The molecular formula is C38H29N2OP. The van der Waals surface area contributed by atoms with Crippen LogP contribution in [0.15, 0.2) is 140 Å². The normalized spacial score (nSPS) is 11.7. The SMILES string of the molecule is Cc1ccc2ccc3c(-c4cccc(-c5cccc(P(=O)(c6ccccc6)c6ccccc6)c5)c4)cc(C)nc3c2n1. The largest absolute Gasteiger partial charge is 0.309 e. The number of fused-ring (bicyclic) bond motifs is 3. The molecule has 202 valence electrons. The van der Waals surface area contributed by atoms with Crippen molar-refractivity contribution in [3.63, 3.8) is 0 Å². The second-order valence-electron chi connectivity index (χ2n) is 10.7. The zero-order chi connectivity index (χ0) is 28.7. The van der Waals surface area contributed by atoms with E-state index >= 15 is 0 Å². The van der Waals surface area contributed by atoms with Gasteiger partial charge in [-0.1, -0.05) is 115 Å². The molecule has 0 bridgehead atoms. The summed E-state index contributed by atoms with van der Waals surface area (Å²) in [5.41, 5.74) is 8.11. The molecule has 0 atom stereocenters. The van der Waals surface area contributed by atoms with E-state index in [-0.39, 0.29) is 0 Å². The summed E-state index contributed by atoms with van der Waals surface area (Å²) in [6, 6.07) is 47.0. The molecule has 7 aromatic rings. The fourth-order valence-electron chi connectivity index (χ4n) is 5.81. The first-order valence-corrected chi connectivity index (χ1v) is 15.8. The maximum atomic E-state index is 15.0. The minimum absolute atomic E-state index is 0.820. The highest BCUT2D eigenvalue weighted by Gasteiger charge is 2.29. The van der Waals surface area contributed by atoms with Crippen LogP contribution in [0.25, 0.3) is 44.1 Å². The molecule has 0 aliphatic heterocycles. The number of rotatable bonds is 5. The van der Waals surface area contributed by atoms with Crippen molar-refractivity contribution in [1.29, 1.82) is 0 Å². The monoisotopic (exact) mass is 560 g/mol. The van der Waals surface area contributed by atoms with Gasteiger partial charge in [-0.2, -0.15) is 0 Å². The number of aromatic nitrogens is 2. The molecule has 3 nitrogen and oxygen atoms in total. The molecule has 0 saturated carbocycles. The highest BCUT2D eigenvalue weighted by Crippen LogP contribution is 2.43. The van der Waals surface area contributed by atoms with Gasteiger partial charge in [-0.25, -0.2) is 0 Å². The summed E-state index contributed by atoms with van der Waals surface area (Å²) in [5.74, 6) is 0. The lowest BCUT2D eigenvalue weighted by molar-refractivity contribution is 0.592. The average molecular weight is 561 g/mol. The van der Waals surface area contributed by atoms with Gasteiger partial charge in [-0.3, -0.25) is 9.97 Å². The third-order valence-corrected chi connectivity index (χ3v) is 10.9. The summed E-state index contributed by atoms with van der Waals surface area (Å²) in [6.45, 7) is 4.05. The lowest BCUT2D eigenvalue weighted by atomic mass is 9.95. The maximum Gasteiger partial charge on any atom is 0.171 e. The molecular weight excluding hydrogens is 531 g/mol. The molecule has 0 aliphatic rings. The molecule has 0 spiro atoms. The first-order valence-electron chi connectivity index (χ1n) is 14.1. The number of pyridine rings is 2.